The van der Waals surface area contributed by atoms with Gasteiger partial charge >= 0.3 is 0 Å². The van der Waals surface area contributed by atoms with Gasteiger partial charge in [0.1, 0.15) is 5.69 Å². The molecule has 0 spiro atoms. The van der Waals surface area contributed by atoms with E-state index in [0.717, 1.165) is 18.5 Å². The third-order valence-electron chi connectivity index (χ3n) is 7.75. The highest BCUT2D eigenvalue weighted by Crippen LogP contribution is 2.56. The van der Waals surface area contributed by atoms with Gasteiger partial charge in [0.25, 0.3) is 5.69 Å². The van der Waals surface area contributed by atoms with Crippen molar-refractivity contribution in [3.8, 4) is 0 Å². The molecule has 0 unspecified atom stereocenters. The Kier molecular flexibility index (Phi) is 4.58. The Labute approximate surface area is 172 Å². The normalized spacial score (nSPS) is 28.3. The molecule has 3 aliphatic rings. The monoisotopic (exact) mass is 391 g/mol. The van der Waals surface area contributed by atoms with Crippen molar-refractivity contribution < 1.29 is 4.92 Å². The third-order valence-corrected chi connectivity index (χ3v) is 7.75. The zero-order chi connectivity index (χ0) is 20.0. The lowest BCUT2D eigenvalue weighted by Gasteiger charge is -2.58. The van der Waals surface area contributed by atoms with E-state index >= 15 is 0 Å². The number of likely N-dealkylation sites (tertiary alicyclic amines) is 1. The summed E-state index contributed by atoms with van der Waals surface area (Å²) in [6.45, 7) is 1.73. The van der Waals surface area contributed by atoms with Crippen LogP contribution in [0.5, 0.6) is 0 Å². The average molecular weight is 392 g/mol. The van der Waals surface area contributed by atoms with Crippen molar-refractivity contribution in [1.29, 1.82) is 0 Å². The van der Waals surface area contributed by atoms with Crippen LogP contribution in [-0.4, -0.2) is 29.5 Å². The van der Waals surface area contributed by atoms with Crippen LogP contribution in [0.25, 0.3) is 0 Å². The van der Waals surface area contributed by atoms with Crippen LogP contribution < -0.4 is 5.32 Å². The lowest BCUT2D eigenvalue weighted by Crippen LogP contribution is -2.59. The first-order valence-corrected chi connectivity index (χ1v) is 10.9. The van der Waals surface area contributed by atoms with Crippen LogP contribution in [-0.2, 0) is 18.4 Å². The Hall–Kier alpha value is -2.40. The van der Waals surface area contributed by atoms with Gasteiger partial charge in [-0.05, 0) is 68.0 Å². The number of rotatable bonds is 4. The Morgan fingerprint density at radius 1 is 1.21 bits per heavy atom. The van der Waals surface area contributed by atoms with Crippen LogP contribution in [0.15, 0.2) is 42.5 Å². The van der Waals surface area contributed by atoms with Crippen LogP contribution in [0.4, 0.5) is 11.4 Å². The maximum Gasteiger partial charge on any atom is 0.292 e. The molecule has 29 heavy (non-hydrogen) atoms. The standard InChI is InChI=1S/C24H29N3O2/c1-26-12-11-24-10-6-5-9-19(24)22(26)13-18-14-23(27(28)29)21(15-20(18)24)25-16-17-7-3-2-4-8-17/h2-4,7-8,14-15,19,22,25H,5-6,9-13,16H2,1H3/t19-,22+,24+/m0/s1. The molecule has 1 saturated carbocycles. The van der Waals surface area contributed by atoms with Gasteiger partial charge in [-0.1, -0.05) is 43.2 Å². The number of nitro benzene ring substituents is 1. The summed E-state index contributed by atoms with van der Waals surface area (Å²) >= 11 is 0. The Bertz CT molecular complexity index is 929. The molecule has 5 rings (SSSR count). The molecule has 2 aliphatic carbocycles. The van der Waals surface area contributed by atoms with E-state index in [1.807, 2.05) is 24.3 Å². The number of benzene rings is 2. The van der Waals surface area contributed by atoms with Crippen LogP contribution in [0, 0.1) is 16.0 Å². The number of hydrogen-bond acceptors (Lipinski definition) is 4. The van der Waals surface area contributed by atoms with Crippen molar-refractivity contribution in [2.24, 2.45) is 5.92 Å². The van der Waals surface area contributed by atoms with Crippen molar-refractivity contribution in [3.63, 3.8) is 0 Å². The molecule has 0 radical (unpaired) electrons. The zero-order valence-electron chi connectivity index (χ0n) is 17.1. The van der Waals surface area contributed by atoms with Gasteiger partial charge in [0.05, 0.1) is 4.92 Å². The summed E-state index contributed by atoms with van der Waals surface area (Å²) < 4.78 is 0. The highest BCUT2D eigenvalue weighted by Gasteiger charge is 2.53. The second kappa shape index (κ2) is 7.13. The average Bonchev–Trinajstić information content (AvgIpc) is 2.75. The van der Waals surface area contributed by atoms with E-state index in [2.05, 4.69) is 35.5 Å². The molecule has 5 heteroatoms. The summed E-state index contributed by atoms with van der Waals surface area (Å²) in [4.78, 5) is 14.1. The lowest BCUT2D eigenvalue weighted by molar-refractivity contribution is -0.384. The van der Waals surface area contributed by atoms with Crippen molar-refractivity contribution in [1.82, 2.24) is 4.90 Å². The first-order valence-electron chi connectivity index (χ1n) is 10.9. The fourth-order valence-corrected chi connectivity index (χ4v) is 6.33. The van der Waals surface area contributed by atoms with Gasteiger partial charge in [-0.3, -0.25) is 10.1 Å². The van der Waals surface area contributed by atoms with Crippen LogP contribution in [0.2, 0.25) is 0 Å². The number of anilines is 1. The van der Waals surface area contributed by atoms with Crippen molar-refractivity contribution in [2.45, 2.75) is 56.5 Å². The largest absolute Gasteiger partial charge is 0.375 e. The van der Waals surface area contributed by atoms with Gasteiger partial charge < -0.3 is 10.2 Å². The number of fused-ring (bicyclic) bond motifs is 1. The second-order valence-electron chi connectivity index (χ2n) is 9.13. The van der Waals surface area contributed by atoms with E-state index in [1.54, 1.807) is 0 Å². The van der Waals surface area contributed by atoms with Crippen LogP contribution >= 0.6 is 0 Å². The molecule has 2 aromatic rings. The fraction of sp³-hybridized carbons (Fsp3) is 0.500. The Morgan fingerprint density at radius 2 is 2.03 bits per heavy atom. The third kappa shape index (κ3) is 3.03. The van der Waals surface area contributed by atoms with Gasteiger partial charge in [0.15, 0.2) is 0 Å². The summed E-state index contributed by atoms with van der Waals surface area (Å²) in [6, 6.07) is 14.6. The number of nitrogens with zero attached hydrogens (tertiary/aromatic N) is 2. The topological polar surface area (TPSA) is 58.4 Å². The number of hydrogen-bond donors (Lipinski definition) is 1. The smallest absolute Gasteiger partial charge is 0.292 e. The molecule has 1 N–H and O–H groups in total. The van der Waals surface area contributed by atoms with Crippen molar-refractivity contribution in [2.75, 3.05) is 18.9 Å². The Balaban J connectivity index is 1.57. The maximum atomic E-state index is 11.9. The molecular weight excluding hydrogens is 362 g/mol. The maximum absolute atomic E-state index is 11.9. The quantitative estimate of drug-likeness (QED) is 0.595. The molecule has 1 aliphatic heterocycles. The number of nitrogens with one attached hydrogen (secondary N) is 1. The minimum absolute atomic E-state index is 0.210. The summed E-state index contributed by atoms with van der Waals surface area (Å²) in [6.07, 6.45) is 7.23. The predicted molar refractivity (Wildman–Crippen MR) is 115 cm³/mol. The molecule has 152 valence electrons. The minimum atomic E-state index is -0.224. The molecule has 3 atom stereocenters. The summed E-state index contributed by atoms with van der Waals surface area (Å²) in [5.41, 5.74) is 4.83. The van der Waals surface area contributed by atoms with Gasteiger partial charge in [-0.15, -0.1) is 0 Å². The van der Waals surface area contributed by atoms with Gasteiger partial charge in [0, 0.05) is 24.1 Å². The molecule has 2 aromatic carbocycles. The van der Waals surface area contributed by atoms with E-state index in [1.165, 1.54) is 43.2 Å². The highest BCUT2D eigenvalue weighted by atomic mass is 16.6. The zero-order valence-corrected chi connectivity index (χ0v) is 17.1. The predicted octanol–water partition coefficient (Wildman–Crippen LogP) is 4.90. The molecule has 2 fully saturated rings. The molecule has 5 nitrogen and oxygen atoms in total. The van der Waals surface area contributed by atoms with E-state index in [9.17, 15) is 10.1 Å². The number of nitro groups is 1. The molecule has 2 bridgehead atoms. The van der Waals surface area contributed by atoms with Crippen molar-refractivity contribution in [3.05, 3.63) is 69.3 Å². The lowest BCUT2D eigenvalue weighted by atomic mass is 9.52. The van der Waals surface area contributed by atoms with E-state index in [-0.39, 0.29) is 16.0 Å². The van der Waals surface area contributed by atoms with Gasteiger partial charge in [-0.2, -0.15) is 0 Å². The minimum Gasteiger partial charge on any atom is -0.375 e. The molecule has 0 amide bonds. The van der Waals surface area contributed by atoms with E-state index in [0.29, 0.717) is 24.2 Å². The second-order valence-corrected chi connectivity index (χ2v) is 9.13. The molecular formula is C24H29N3O2. The van der Waals surface area contributed by atoms with Crippen molar-refractivity contribution >= 4 is 11.4 Å². The van der Waals surface area contributed by atoms with E-state index < -0.39 is 0 Å². The SMILES string of the molecule is CN1CC[C@]23CCCC[C@H]2[C@H]1Cc1cc([N+](=O)[O-])c(NCc2ccccc2)cc13. The van der Waals surface area contributed by atoms with Gasteiger partial charge in [0.2, 0.25) is 0 Å². The summed E-state index contributed by atoms with van der Waals surface area (Å²) in [5.74, 6) is 0.686. The van der Waals surface area contributed by atoms with E-state index in [4.69, 9.17) is 0 Å². The number of piperidine rings is 1. The first-order chi connectivity index (χ1) is 14.1. The molecule has 1 heterocycles. The Morgan fingerprint density at radius 3 is 2.83 bits per heavy atom. The number of likely N-dealkylation sites (N-methyl/N-ethyl adjacent to an activating group) is 1. The highest BCUT2D eigenvalue weighted by molar-refractivity contribution is 5.67. The molecule has 0 aromatic heterocycles. The first kappa shape index (κ1) is 18.6. The van der Waals surface area contributed by atoms with Crippen LogP contribution in [0.3, 0.4) is 0 Å². The summed E-state index contributed by atoms with van der Waals surface area (Å²) in [5, 5.41) is 15.2. The van der Waals surface area contributed by atoms with Crippen LogP contribution in [0.1, 0.15) is 48.8 Å². The molecule has 1 saturated heterocycles. The van der Waals surface area contributed by atoms with Gasteiger partial charge in [-0.25, -0.2) is 0 Å². The summed E-state index contributed by atoms with van der Waals surface area (Å²) in [7, 11) is 2.23. The fourth-order valence-electron chi connectivity index (χ4n) is 6.33.